The molecule has 0 aliphatic carbocycles. The summed E-state index contributed by atoms with van der Waals surface area (Å²) in [6.07, 6.45) is 3.04. The van der Waals surface area contributed by atoms with Crippen molar-refractivity contribution in [3.63, 3.8) is 0 Å². The number of aromatic amines is 2. The quantitative estimate of drug-likeness (QED) is 0.273. The van der Waals surface area contributed by atoms with E-state index in [1.807, 2.05) is 30.3 Å². The number of aromatic nitrogens is 3. The van der Waals surface area contributed by atoms with Crippen LogP contribution in [-0.4, -0.2) is 26.7 Å². The van der Waals surface area contributed by atoms with Gasteiger partial charge in [0.15, 0.2) is 0 Å². The van der Waals surface area contributed by atoms with E-state index in [0.29, 0.717) is 22.7 Å². The number of nitrogens with zero attached hydrogens (tertiary/aromatic N) is 1. The van der Waals surface area contributed by atoms with Crippen LogP contribution in [-0.2, 0) is 0 Å². The van der Waals surface area contributed by atoms with Crippen LogP contribution in [0.3, 0.4) is 0 Å². The molecule has 140 valence electrons. The van der Waals surface area contributed by atoms with Gasteiger partial charge in [-0.3, -0.25) is 9.78 Å². The molecule has 0 unspecified atom stereocenters. The smallest absolute Gasteiger partial charge is 0.345 e. The van der Waals surface area contributed by atoms with E-state index in [2.05, 4.69) is 15.0 Å². The maximum absolute atomic E-state index is 12.9. The number of nitrogens with one attached hydrogen (secondary N) is 2. The van der Waals surface area contributed by atoms with Gasteiger partial charge in [-0.2, -0.15) is 0 Å². The predicted octanol–water partition coefficient (Wildman–Crippen LogP) is 4.49. The first-order valence-corrected chi connectivity index (χ1v) is 9.05. The van der Waals surface area contributed by atoms with Crippen molar-refractivity contribution in [2.24, 2.45) is 0 Å². The van der Waals surface area contributed by atoms with Crippen LogP contribution in [0.25, 0.3) is 21.8 Å². The van der Waals surface area contributed by atoms with Gasteiger partial charge < -0.3 is 14.7 Å². The Labute approximate surface area is 165 Å². The molecule has 5 rings (SSSR count). The average Bonchev–Trinajstić information content (AvgIpc) is 3.37. The monoisotopic (exact) mass is 381 g/mol. The largest absolute Gasteiger partial charge is 0.423 e. The lowest BCUT2D eigenvalue weighted by atomic mass is 10.2. The molecule has 2 N–H and O–H groups in total. The molecule has 0 aliphatic rings. The molecular weight excluding hydrogens is 366 g/mol. The summed E-state index contributed by atoms with van der Waals surface area (Å²) in [7, 11) is 0. The van der Waals surface area contributed by atoms with Crippen LogP contribution in [0.1, 0.15) is 26.5 Å². The van der Waals surface area contributed by atoms with E-state index < -0.39 is 5.97 Å². The van der Waals surface area contributed by atoms with Crippen LogP contribution >= 0.6 is 0 Å². The molecule has 3 heterocycles. The first-order chi connectivity index (χ1) is 14.2. The van der Waals surface area contributed by atoms with Crippen LogP contribution < -0.4 is 4.74 Å². The summed E-state index contributed by atoms with van der Waals surface area (Å²) in [6, 6.07) is 19.8. The number of benzene rings is 2. The average molecular weight is 381 g/mol. The number of carbonyl (C=O) groups is 2. The number of carbonyl (C=O) groups excluding carboxylic acids is 2. The lowest BCUT2D eigenvalue weighted by molar-refractivity contribution is 0.0734. The van der Waals surface area contributed by atoms with Crippen LogP contribution in [0.5, 0.6) is 5.75 Å². The molecule has 0 spiro atoms. The topological polar surface area (TPSA) is 87.8 Å². The molecule has 6 nitrogen and oxygen atoms in total. The van der Waals surface area contributed by atoms with Crippen LogP contribution in [0, 0.1) is 0 Å². The Morgan fingerprint density at radius 3 is 2.31 bits per heavy atom. The molecule has 5 aromatic rings. The molecule has 0 saturated carbocycles. The van der Waals surface area contributed by atoms with Gasteiger partial charge in [0.1, 0.15) is 5.75 Å². The second-order valence-electron chi connectivity index (χ2n) is 6.66. The van der Waals surface area contributed by atoms with Gasteiger partial charge in [-0.15, -0.1) is 0 Å². The number of hydrogen-bond donors (Lipinski definition) is 2. The van der Waals surface area contributed by atoms with Gasteiger partial charge in [0.05, 0.1) is 17.0 Å². The molecule has 0 radical (unpaired) electrons. The molecule has 0 aliphatic heterocycles. The summed E-state index contributed by atoms with van der Waals surface area (Å²) in [5.74, 6) is -0.219. The van der Waals surface area contributed by atoms with Gasteiger partial charge >= 0.3 is 5.97 Å². The number of esters is 1. The number of ketones is 1. The van der Waals surface area contributed by atoms with E-state index in [-0.39, 0.29) is 5.78 Å². The molecule has 0 amide bonds. The van der Waals surface area contributed by atoms with Crippen molar-refractivity contribution in [2.45, 2.75) is 0 Å². The summed E-state index contributed by atoms with van der Waals surface area (Å²) in [4.78, 5) is 35.3. The minimum absolute atomic E-state index is 0.133. The minimum atomic E-state index is -0.484. The van der Waals surface area contributed by atoms with Crippen molar-refractivity contribution in [1.82, 2.24) is 15.0 Å². The summed E-state index contributed by atoms with van der Waals surface area (Å²) in [5.41, 5.74) is 3.04. The van der Waals surface area contributed by atoms with E-state index in [0.717, 1.165) is 21.8 Å². The van der Waals surface area contributed by atoms with Crippen molar-refractivity contribution in [1.29, 1.82) is 0 Å². The normalized spacial score (nSPS) is 11.0. The lowest BCUT2D eigenvalue weighted by Crippen LogP contribution is -2.08. The Hall–Kier alpha value is -4.19. The maximum atomic E-state index is 12.9. The van der Waals surface area contributed by atoms with E-state index in [9.17, 15) is 9.59 Å². The third-order valence-corrected chi connectivity index (χ3v) is 4.72. The molecule has 29 heavy (non-hydrogen) atoms. The molecule has 2 aromatic carbocycles. The van der Waals surface area contributed by atoms with Crippen molar-refractivity contribution < 1.29 is 14.3 Å². The zero-order valence-electron chi connectivity index (χ0n) is 15.2. The molecule has 3 aromatic heterocycles. The second kappa shape index (κ2) is 6.76. The molecule has 0 bridgehead atoms. The number of H-pyrrole nitrogens is 2. The highest BCUT2D eigenvalue weighted by molar-refractivity contribution is 6.11. The van der Waals surface area contributed by atoms with Crippen molar-refractivity contribution in [3.05, 3.63) is 96.1 Å². The predicted molar refractivity (Wildman–Crippen MR) is 109 cm³/mol. The number of para-hydroxylation sites is 1. The standard InChI is InChI=1S/C23H15N3O3/c27-22(20-11-14-4-1-2-6-18(14)25-20)21-12-16-10-17(7-8-19(16)26-21)29-23(28)15-5-3-9-24-13-15/h1-13,25-26H. The maximum Gasteiger partial charge on any atom is 0.345 e. The Balaban J connectivity index is 1.43. The SMILES string of the molecule is O=C(Oc1ccc2[nH]c(C(=O)c3cc4ccccc4[nH]3)cc2c1)c1cccnc1. The molecule has 6 heteroatoms. The molecule has 0 saturated heterocycles. The van der Waals surface area contributed by atoms with E-state index in [1.54, 1.807) is 42.6 Å². The van der Waals surface area contributed by atoms with Crippen molar-refractivity contribution >= 4 is 33.6 Å². The zero-order valence-corrected chi connectivity index (χ0v) is 15.2. The lowest BCUT2D eigenvalue weighted by Gasteiger charge is -2.03. The highest BCUT2D eigenvalue weighted by Crippen LogP contribution is 2.24. The number of rotatable bonds is 4. The Kier molecular flexibility index (Phi) is 3.95. The van der Waals surface area contributed by atoms with Crippen LogP contribution in [0.2, 0.25) is 0 Å². The molecule has 0 fully saturated rings. The van der Waals surface area contributed by atoms with Gasteiger partial charge in [-0.25, -0.2) is 4.79 Å². The van der Waals surface area contributed by atoms with Crippen LogP contribution in [0.4, 0.5) is 0 Å². The van der Waals surface area contributed by atoms with Crippen molar-refractivity contribution in [2.75, 3.05) is 0 Å². The fraction of sp³-hybridized carbons (Fsp3) is 0. The van der Waals surface area contributed by atoms with E-state index in [4.69, 9.17) is 4.74 Å². The van der Waals surface area contributed by atoms with Gasteiger partial charge in [-0.1, -0.05) is 18.2 Å². The summed E-state index contributed by atoms with van der Waals surface area (Å²) >= 11 is 0. The molecule has 0 atom stereocenters. The summed E-state index contributed by atoms with van der Waals surface area (Å²) < 4.78 is 5.42. The van der Waals surface area contributed by atoms with Crippen LogP contribution in [0.15, 0.2) is 79.1 Å². The minimum Gasteiger partial charge on any atom is -0.423 e. The molecular formula is C23H15N3O3. The first kappa shape index (κ1) is 16.9. The Morgan fingerprint density at radius 2 is 1.55 bits per heavy atom. The number of fused-ring (bicyclic) bond motifs is 2. The Bertz CT molecular complexity index is 1330. The fourth-order valence-corrected chi connectivity index (χ4v) is 3.29. The number of ether oxygens (including phenoxy) is 1. The Morgan fingerprint density at radius 1 is 0.793 bits per heavy atom. The summed E-state index contributed by atoms with van der Waals surface area (Å²) in [5, 5.41) is 1.76. The first-order valence-electron chi connectivity index (χ1n) is 9.05. The highest BCUT2D eigenvalue weighted by Gasteiger charge is 2.15. The van der Waals surface area contributed by atoms with Gasteiger partial charge in [-0.05, 0) is 48.5 Å². The summed E-state index contributed by atoms with van der Waals surface area (Å²) in [6.45, 7) is 0. The van der Waals surface area contributed by atoms with E-state index >= 15 is 0 Å². The highest BCUT2D eigenvalue weighted by atomic mass is 16.5. The number of hydrogen-bond acceptors (Lipinski definition) is 4. The second-order valence-corrected chi connectivity index (χ2v) is 6.66. The third kappa shape index (κ3) is 3.17. The van der Waals surface area contributed by atoms with Gasteiger partial charge in [0.2, 0.25) is 5.78 Å². The fourth-order valence-electron chi connectivity index (χ4n) is 3.29. The number of pyridine rings is 1. The van der Waals surface area contributed by atoms with Gasteiger partial charge in [0, 0.05) is 34.2 Å². The van der Waals surface area contributed by atoms with Crippen molar-refractivity contribution in [3.8, 4) is 5.75 Å². The zero-order chi connectivity index (χ0) is 19.8. The van der Waals surface area contributed by atoms with Gasteiger partial charge in [0.25, 0.3) is 0 Å². The van der Waals surface area contributed by atoms with E-state index in [1.165, 1.54) is 6.20 Å². The third-order valence-electron chi connectivity index (χ3n) is 4.72.